The van der Waals surface area contributed by atoms with Crippen LogP contribution in [0.3, 0.4) is 0 Å². The zero-order valence-corrected chi connectivity index (χ0v) is 20.2. The zero-order chi connectivity index (χ0) is 23.9. The molecular formula is C27H30N4O2S. The number of para-hydroxylation sites is 2. The van der Waals surface area contributed by atoms with E-state index in [-0.39, 0.29) is 17.9 Å². The summed E-state index contributed by atoms with van der Waals surface area (Å²) < 4.78 is 0. The number of aromatic amines is 1. The van der Waals surface area contributed by atoms with E-state index in [4.69, 9.17) is 0 Å². The Morgan fingerprint density at radius 2 is 1.74 bits per heavy atom. The normalized spacial score (nSPS) is 12.9. The molecule has 4 N–H and O–H groups in total. The van der Waals surface area contributed by atoms with Gasteiger partial charge >= 0.3 is 0 Å². The first-order chi connectivity index (χ1) is 16.5. The second kappa shape index (κ2) is 11.0. The van der Waals surface area contributed by atoms with Crippen molar-refractivity contribution < 1.29 is 9.59 Å². The Balaban J connectivity index is 1.48. The Hall–Kier alpha value is -3.58. The summed E-state index contributed by atoms with van der Waals surface area (Å²) in [5.41, 5.74) is 3.01. The molecule has 0 fully saturated rings. The van der Waals surface area contributed by atoms with Gasteiger partial charge in [0.1, 0.15) is 6.04 Å². The lowest BCUT2D eigenvalue weighted by atomic mass is 10.0. The second-order valence-corrected chi connectivity index (χ2v) is 9.62. The first-order valence-corrected chi connectivity index (χ1v) is 12.4. The molecule has 0 bridgehead atoms. The average molecular weight is 475 g/mol. The van der Waals surface area contributed by atoms with Crippen molar-refractivity contribution >= 4 is 39.7 Å². The quantitative estimate of drug-likeness (QED) is 0.266. The third kappa shape index (κ3) is 5.85. The van der Waals surface area contributed by atoms with Gasteiger partial charge in [0.25, 0.3) is 5.91 Å². The fourth-order valence-corrected chi connectivity index (χ4v) is 4.53. The minimum Gasteiger partial charge on any atom is -0.380 e. The predicted octanol–water partition coefficient (Wildman–Crippen LogP) is 4.82. The van der Waals surface area contributed by atoms with E-state index in [0.717, 1.165) is 22.2 Å². The summed E-state index contributed by atoms with van der Waals surface area (Å²) in [5, 5.41) is 12.4. The number of hydrogen-bond acceptors (Lipinski definition) is 4. The van der Waals surface area contributed by atoms with Crippen molar-refractivity contribution in [2.45, 2.75) is 32.4 Å². The zero-order valence-electron chi connectivity index (χ0n) is 19.4. The molecular weight excluding hydrogens is 444 g/mol. The molecule has 0 aliphatic rings. The number of aromatic nitrogens is 1. The molecule has 2 aromatic heterocycles. The standard InChI is InChI=1S/C27H30N4O2S/c1-18(2)24(30-20-9-4-3-5-10-20)17-29-26(32)23(31-27(33)25-13-8-14-34-25)15-19-16-28-22-12-7-6-11-21(19)22/h3-14,16,18,23-24,28,30H,15,17H2,1-2H3,(H,29,32)(H,31,33). The number of benzene rings is 2. The number of nitrogens with one attached hydrogen (secondary N) is 4. The molecule has 2 amide bonds. The largest absolute Gasteiger partial charge is 0.380 e. The van der Waals surface area contributed by atoms with Gasteiger partial charge in [-0.25, -0.2) is 0 Å². The molecule has 34 heavy (non-hydrogen) atoms. The van der Waals surface area contributed by atoms with Gasteiger partial charge in [0.05, 0.1) is 4.88 Å². The lowest BCUT2D eigenvalue weighted by molar-refractivity contribution is -0.123. The van der Waals surface area contributed by atoms with E-state index in [1.807, 2.05) is 72.2 Å². The minimum atomic E-state index is -0.696. The topological polar surface area (TPSA) is 86.0 Å². The van der Waals surface area contributed by atoms with E-state index in [1.165, 1.54) is 11.3 Å². The van der Waals surface area contributed by atoms with E-state index in [1.54, 1.807) is 6.07 Å². The van der Waals surface area contributed by atoms with Crippen molar-refractivity contribution in [3.8, 4) is 0 Å². The number of amides is 2. The summed E-state index contributed by atoms with van der Waals surface area (Å²) in [7, 11) is 0. The molecule has 2 unspecified atom stereocenters. The number of anilines is 1. The second-order valence-electron chi connectivity index (χ2n) is 8.67. The molecule has 6 nitrogen and oxygen atoms in total. The molecule has 2 aromatic carbocycles. The van der Waals surface area contributed by atoms with E-state index in [0.29, 0.717) is 23.8 Å². The maximum absolute atomic E-state index is 13.3. The molecule has 2 heterocycles. The molecule has 7 heteroatoms. The smallest absolute Gasteiger partial charge is 0.262 e. The SMILES string of the molecule is CC(C)C(CNC(=O)C(Cc1c[nH]c2ccccc12)NC(=O)c1cccs1)Nc1ccccc1. The van der Waals surface area contributed by atoms with Crippen LogP contribution in [0.25, 0.3) is 10.9 Å². The Labute approximate surface area is 203 Å². The van der Waals surface area contributed by atoms with Crippen LogP contribution in [-0.4, -0.2) is 35.4 Å². The van der Waals surface area contributed by atoms with Gasteiger partial charge in [-0.15, -0.1) is 11.3 Å². The Kier molecular flexibility index (Phi) is 7.65. The average Bonchev–Trinajstić information content (AvgIpc) is 3.52. The number of rotatable bonds is 10. The summed E-state index contributed by atoms with van der Waals surface area (Å²) in [6.07, 6.45) is 2.31. The van der Waals surface area contributed by atoms with Crippen LogP contribution in [0.15, 0.2) is 78.3 Å². The maximum Gasteiger partial charge on any atom is 0.262 e. The highest BCUT2D eigenvalue weighted by Gasteiger charge is 2.25. The number of hydrogen-bond donors (Lipinski definition) is 4. The van der Waals surface area contributed by atoms with Crippen LogP contribution in [-0.2, 0) is 11.2 Å². The van der Waals surface area contributed by atoms with Crippen molar-refractivity contribution in [3.05, 3.63) is 88.7 Å². The van der Waals surface area contributed by atoms with Gasteiger partial charge in [-0.2, -0.15) is 0 Å². The highest BCUT2D eigenvalue weighted by Crippen LogP contribution is 2.20. The third-order valence-corrected chi connectivity index (χ3v) is 6.76. The number of carbonyl (C=O) groups excluding carboxylic acids is 2. The summed E-state index contributed by atoms with van der Waals surface area (Å²) in [6.45, 7) is 4.69. The monoisotopic (exact) mass is 474 g/mol. The summed E-state index contributed by atoms with van der Waals surface area (Å²) >= 11 is 1.36. The molecule has 0 aliphatic heterocycles. The highest BCUT2D eigenvalue weighted by atomic mass is 32.1. The molecule has 4 aromatic rings. The van der Waals surface area contributed by atoms with Crippen LogP contribution < -0.4 is 16.0 Å². The summed E-state index contributed by atoms with van der Waals surface area (Å²) in [4.78, 5) is 30.0. The Morgan fingerprint density at radius 1 is 0.971 bits per heavy atom. The molecule has 4 rings (SSSR count). The number of thiophene rings is 1. The van der Waals surface area contributed by atoms with Crippen molar-refractivity contribution in [1.29, 1.82) is 0 Å². The van der Waals surface area contributed by atoms with Gasteiger partial charge in [0.2, 0.25) is 5.91 Å². The molecule has 0 spiro atoms. The fraction of sp³-hybridized carbons (Fsp3) is 0.259. The molecule has 0 radical (unpaired) electrons. The van der Waals surface area contributed by atoms with Crippen LogP contribution in [0.2, 0.25) is 0 Å². The van der Waals surface area contributed by atoms with Crippen LogP contribution in [0.1, 0.15) is 29.1 Å². The predicted molar refractivity (Wildman–Crippen MR) is 139 cm³/mol. The molecule has 0 saturated carbocycles. The first kappa shape index (κ1) is 23.6. The number of carbonyl (C=O) groups is 2. The van der Waals surface area contributed by atoms with Gasteiger partial charge in [-0.05, 0) is 41.1 Å². The van der Waals surface area contributed by atoms with Crippen molar-refractivity contribution in [2.24, 2.45) is 5.92 Å². The van der Waals surface area contributed by atoms with Crippen molar-refractivity contribution in [3.63, 3.8) is 0 Å². The van der Waals surface area contributed by atoms with E-state index in [9.17, 15) is 9.59 Å². The van der Waals surface area contributed by atoms with Crippen molar-refractivity contribution in [1.82, 2.24) is 15.6 Å². The van der Waals surface area contributed by atoms with Gasteiger partial charge in [-0.1, -0.05) is 56.3 Å². The van der Waals surface area contributed by atoms with E-state index in [2.05, 4.69) is 34.8 Å². The van der Waals surface area contributed by atoms with Gasteiger partial charge in [-0.3, -0.25) is 9.59 Å². The van der Waals surface area contributed by atoms with E-state index >= 15 is 0 Å². The first-order valence-electron chi connectivity index (χ1n) is 11.5. The van der Waals surface area contributed by atoms with Crippen molar-refractivity contribution in [2.75, 3.05) is 11.9 Å². The van der Waals surface area contributed by atoms with Crippen LogP contribution in [0.5, 0.6) is 0 Å². The maximum atomic E-state index is 13.3. The Bertz CT molecular complexity index is 1220. The highest BCUT2D eigenvalue weighted by molar-refractivity contribution is 7.12. The summed E-state index contributed by atoms with van der Waals surface area (Å²) in [6, 6.07) is 20.9. The molecule has 2 atom stereocenters. The molecule has 0 aliphatic carbocycles. The number of H-pyrrole nitrogens is 1. The minimum absolute atomic E-state index is 0.0492. The lowest BCUT2D eigenvalue weighted by Crippen LogP contribution is -2.50. The fourth-order valence-electron chi connectivity index (χ4n) is 3.90. The molecule has 0 saturated heterocycles. The van der Waals surface area contributed by atoms with Crippen LogP contribution in [0, 0.1) is 5.92 Å². The Morgan fingerprint density at radius 3 is 2.47 bits per heavy atom. The van der Waals surface area contributed by atoms with Crippen LogP contribution in [0.4, 0.5) is 5.69 Å². The van der Waals surface area contributed by atoms with E-state index < -0.39 is 6.04 Å². The molecule has 176 valence electrons. The van der Waals surface area contributed by atoms with Gasteiger partial charge < -0.3 is 20.9 Å². The summed E-state index contributed by atoms with van der Waals surface area (Å²) in [5.74, 6) is -0.137. The lowest BCUT2D eigenvalue weighted by Gasteiger charge is -2.25. The van der Waals surface area contributed by atoms with Crippen LogP contribution >= 0.6 is 11.3 Å². The number of fused-ring (bicyclic) bond motifs is 1. The third-order valence-electron chi connectivity index (χ3n) is 5.89. The van der Waals surface area contributed by atoms with Gasteiger partial charge in [0, 0.05) is 41.8 Å². The van der Waals surface area contributed by atoms with Gasteiger partial charge in [0.15, 0.2) is 0 Å².